The molecule has 9 heteroatoms. The van der Waals surface area contributed by atoms with Gasteiger partial charge in [0.1, 0.15) is 12.4 Å². The van der Waals surface area contributed by atoms with E-state index in [1.54, 1.807) is 48.5 Å². The Hall–Kier alpha value is -3.98. The minimum Gasteiger partial charge on any atom is -0.491 e. The van der Waals surface area contributed by atoms with E-state index in [1.807, 2.05) is 0 Å². The van der Waals surface area contributed by atoms with Crippen molar-refractivity contribution in [3.05, 3.63) is 82.9 Å². The number of non-ortho nitro benzene ring substituents is 1. The first-order valence-electron chi connectivity index (χ1n) is 8.66. The van der Waals surface area contributed by atoms with Gasteiger partial charge < -0.3 is 9.84 Å². The summed E-state index contributed by atoms with van der Waals surface area (Å²) in [6.45, 7) is 0.208. The van der Waals surface area contributed by atoms with Crippen LogP contribution in [0.5, 0.6) is 5.75 Å². The van der Waals surface area contributed by atoms with Crippen LogP contribution >= 0.6 is 0 Å². The second-order valence-electron chi connectivity index (χ2n) is 5.76. The Balaban J connectivity index is 1.59. The van der Waals surface area contributed by atoms with Crippen molar-refractivity contribution < 1.29 is 14.8 Å². The molecule has 0 aliphatic rings. The summed E-state index contributed by atoms with van der Waals surface area (Å²) >= 11 is 0. The second-order valence-corrected chi connectivity index (χ2v) is 5.76. The monoisotopic (exact) mass is 391 g/mol. The molecule has 0 radical (unpaired) electrons. The molecule has 0 saturated heterocycles. The standard InChI is InChI=1S/C20H17N5O4/c26-13-14-29-20-11-7-18(8-12-20)24-22-16-3-1-15(2-4-16)21-23-17-5-9-19(10-6-17)25(27)28/h1-12,26H,13-14H2. The summed E-state index contributed by atoms with van der Waals surface area (Å²) in [5, 5.41) is 35.8. The van der Waals surface area contributed by atoms with Crippen LogP contribution in [-0.4, -0.2) is 23.2 Å². The molecule has 29 heavy (non-hydrogen) atoms. The number of ether oxygens (including phenoxy) is 1. The van der Waals surface area contributed by atoms with Crippen molar-refractivity contribution in [1.82, 2.24) is 0 Å². The number of hydrogen-bond donors (Lipinski definition) is 1. The first kappa shape index (κ1) is 19.8. The van der Waals surface area contributed by atoms with Gasteiger partial charge in [0.05, 0.1) is 34.3 Å². The van der Waals surface area contributed by atoms with E-state index in [0.717, 1.165) is 0 Å². The summed E-state index contributed by atoms with van der Waals surface area (Å²) < 4.78 is 5.29. The smallest absolute Gasteiger partial charge is 0.269 e. The highest BCUT2D eigenvalue weighted by atomic mass is 16.6. The van der Waals surface area contributed by atoms with E-state index in [4.69, 9.17) is 9.84 Å². The molecule has 9 nitrogen and oxygen atoms in total. The van der Waals surface area contributed by atoms with Crippen molar-refractivity contribution >= 4 is 28.4 Å². The maximum Gasteiger partial charge on any atom is 0.269 e. The number of nitro groups is 1. The third-order valence-electron chi connectivity index (χ3n) is 3.67. The molecule has 146 valence electrons. The molecule has 0 aromatic heterocycles. The molecule has 0 saturated carbocycles. The third kappa shape index (κ3) is 6.01. The van der Waals surface area contributed by atoms with E-state index in [0.29, 0.717) is 28.5 Å². The summed E-state index contributed by atoms with van der Waals surface area (Å²) in [6.07, 6.45) is 0. The molecule has 3 aromatic rings. The molecule has 0 spiro atoms. The fraction of sp³-hybridized carbons (Fsp3) is 0.100. The van der Waals surface area contributed by atoms with Crippen molar-refractivity contribution in [2.24, 2.45) is 20.5 Å². The third-order valence-corrected chi connectivity index (χ3v) is 3.67. The number of aliphatic hydroxyl groups excluding tert-OH is 1. The van der Waals surface area contributed by atoms with Crippen LogP contribution in [0.3, 0.4) is 0 Å². The van der Waals surface area contributed by atoms with Crippen LogP contribution < -0.4 is 4.74 Å². The van der Waals surface area contributed by atoms with Gasteiger partial charge in [-0.05, 0) is 60.7 Å². The summed E-state index contributed by atoms with van der Waals surface area (Å²) in [6, 6.07) is 19.9. The summed E-state index contributed by atoms with van der Waals surface area (Å²) in [4.78, 5) is 10.2. The predicted molar refractivity (Wildman–Crippen MR) is 107 cm³/mol. The van der Waals surface area contributed by atoms with Crippen molar-refractivity contribution in [2.75, 3.05) is 13.2 Å². The normalized spacial score (nSPS) is 11.2. The molecule has 3 aromatic carbocycles. The Bertz CT molecular complexity index is 1000. The lowest BCUT2D eigenvalue weighted by Gasteiger charge is -2.03. The largest absolute Gasteiger partial charge is 0.491 e. The van der Waals surface area contributed by atoms with Crippen molar-refractivity contribution in [2.45, 2.75) is 0 Å². The summed E-state index contributed by atoms with van der Waals surface area (Å²) in [7, 11) is 0. The van der Waals surface area contributed by atoms with Crippen LogP contribution in [-0.2, 0) is 0 Å². The van der Waals surface area contributed by atoms with Gasteiger partial charge in [-0.2, -0.15) is 20.5 Å². The fourth-order valence-corrected chi connectivity index (χ4v) is 2.23. The van der Waals surface area contributed by atoms with E-state index in [-0.39, 0.29) is 18.9 Å². The number of benzene rings is 3. The molecule has 0 aliphatic heterocycles. The number of azo groups is 2. The highest BCUT2D eigenvalue weighted by Gasteiger charge is 2.03. The van der Waals surface area contributed by atoms with Gasteiger partial charge in [0, 0.05) is 12.1 Å². The molecular weight excluding hydrogens is 374 g/mol. The van der Waals surface area contributed by atoms with Crippen LogP contribution in [0.25, 0.3) is 0 Å². The minimum absolute atomic E-state index is 0.00555. The highest BCUT2D eigenvalue weighted by Crippen LogP contribution is 2.25. The number of nitrogens with zero attached hydrogens (tertiary/aromatic N) is 5. The maximum absolute atomic E-state index is 10.6. The molecule has 0 amide bonds. The molecule has 0 heterocycles. The SMILES string of the molecule is O=[N+]([O-])c1ccc(N=Nc2ccc(N=Nc3ccc(OCCO)cc3)cc2)cc1. The quantitative estimate of drug-likeness (QED) is 0.296. The Labute approximate surface area is 166 Å². The zero-order valence-electron chi connectivity index (χ0n) is 15.3. The molecule has 0 aliphatic carbocycles. The minimum atomic E-state index is -0.465. The number of nitro benzene ring substituents is 1. The van der Waals surface area contributed by atoms with Crippen molar-refractivity contribution in [3.8, 4) is 5.75 Å². The van der Waals surface area contributed by atoms with Crippen LogP contribution in [0.15, 0.2) is 93.3 Å². The second kappa shape index (κ2) is 9.81. The lowest BCUT2D eigenvalue weighted by Crippen LogP contribution is -2.00. The van der Waals surface area contributed by atoms with Crippen molar-refractivity contribution in [1.29, 1.82) is 0 Å². The average molecular weight is 391 g/mol. The molecule has 0 bridgehead atoms. The fourth-order valence-electron chi connectivity index (χ4n) is 2.23. The number of hydrogen-bond acceptors (Lipinski definition) is 8. The van der Waals surface area contributed by atoms with Crippen LogP contribution in [0, 0.1) is 10.1 Å². The Morgan fingerprint density at radius 3 is 1.48 bits per heavy atom. The number of aliphatic hydroxyl groups is 1. The molecular formula is C20H17N5O4. The lowest BCUT2D eigenvalue weighted by molar-refractivity contribution is -0.384. The first-order chi connectivity index (χ1) is 14.1. The number of rotatable bonds is 8. The van der Waals surface area contributed by atoms with Crippen LogP contribution in [0.4, 0.5) is 28.4 Å². The van der Waals surface area contributed by atoms with Gasteiger partial charge in [-0.3, -0.25) is 10.1 Å². The maximum atomic E-state index is 10.6. The molecule has 0 atom stereocenters. The Morgan fingerprint density at radius 1 is 0.724 bits per heavy atom. The first-order valence-corrected chi connectivity index (χ1v) is 8.66. The topological polar surface area (TPSA) is 122 Å². The van der Waals surface area contributed by atoms with Gasteiger partial charge in [0.15, 0.2) is 0 Å². The van der Waals surface area contributed by atoms with E-state index in [9.17, 15) is 10.1 Å². The zero-order chi connectivity index (χ0) is 20.5. The average Bonchev–Trinajstić information content (AvgIpc) is 2.76. The highest BCUT2D eigenvalue weighted by molar-refractivity contribution is 5.49. The Morgan fingerprint density at radius 2 is 1.10 bits per heavy atom. The van der Waals surface area contributed by atoms with Crippen LogP contribution in [0.1, 0.15) is 0 Å². The molecule has 1 N–H and O–H groups in total. The van der Waals surface area contributed by atoms with E-state index in [2.05, 4.69) is 20.5 Å². The summed E-state index contributed by atoms with van der Waals surface area (Å²) in [5.41, 5.74) is 2.47. The molecule has 3 rings (SSSR count). The van der Waals surface area contributed by atoms with E-state index >= 15 is 0 Å². The van der Waals surface area contributed by atoms with E-state index in [1.165, 1.54) is 24.3 Å². The van der Waals surface area contributed by atoms with Gasteiger partial charge in [0.25, 0.3) is 5.69 Å². The zero-order valence-corrected chi connectivity index (χ0v) is 15.3. The molecule has 0 unspecified atom stereocenters. The van der Waals surface area contributed by atoms with Gasteiger partial charge >= 0.3 is 0 Å². The van der Waals surface area contributed by atoms with Gasteiger partial charge in [-0.1, -0.05) is 0 Å². The van der Waals surface area contributed by atoms with Gasteiger partial charge in [0.2, 0.25) is 0 Å². The van der Waals surface area contributed by atoms with Gasteiger partial charge in [-0.15, -0.1) is 0 Å². The Kier molecular flexibility index (Phi) is 6.69. The van der Waals surface area contributed by atoms with Crippen LogP contribution in [0.2, 0.25) is 0 Å². The predicted octanol–water partition coefficient (Wildman–Crippen LogP) is 5.80. The van der Waals surface area contributed by atoms with Gasteiger partial charge in [-0.25, -0.2) is 0 Å². The summed E-state index contributed by atoms with van der Waals surface area (Å²) in [5.74, 6) is 0.653. The molecule has 0 fully saturated rings. The lowest BCUT2D eigenvalue weighted by atomic mass is 10.3. The van der Waals surface area contributed by atoms with E-state index < -0.39 is 4.92 Å². The van der Waals surface area contributed by atoms with Crippen molar-refractivity contribution in [3.63, 3.8) is 0 Å².